The second-order valence-electron chi connectivity index (χ2n) is 3.98. The van der Waals surface area contributed by atoms with Crippen LogP contribution in [0.4, 0.5) is 0 Å². The molecule has 1 aromatic carbocycles. The van der Waals surface area contributed by atoms with Gasteiger partial charge in [-0.25, -0.2) is 9.48 Å². The topological polar surface area (TPSA) is 39.8 Å². The zero-order chi connectivity index (χ0) is 13.3. The Balaban J connectivity index is 2.34. The molecule has 0 atom stereocenters. The standard InChI is InChI=1S/C12H13Cl2N3O/c1-3-16-8(2)15-17(12(16)18)7-9-4-5-10(13)11(14)6-9/h4-6H,3,7H2,1-2H3. The minimum absolute atomic E-state index is 0.110. The van der Waals surface area contributed by atoms with E-state index in [1.807, 2.05) is 19.9 Å². The summed E-state index contributed by atoms with van der Waals surface area (Å²) in [5, 5.41) is 5.20. The van der Waals surface area contributed by atoms with Crippen LogP contribution in [0.25, 0.3) is 0 Å². The third-order valence-electron chi connectivity index (χ3n) is 2.74. The summed E-state index contributed by atoms with van der Waals surface area (Å²) in [6.07, 6.45) is 0. The molecule has 1 heterocycles. The molecule has 0 N–H and O–H groups in total. The molecule has 18 heavy (non-hydrogen) atoms. The molecule has 0 unspecified atom stereocenters. The van der Waals surface area contributed by atoms with E-state index in [-0.39, 0.29) is 5.69 Å². The molecule has 0 aliphatic rings. The van der Waals surface area contributed by atoms with Crippen LogP contribution < -0.4 is 5.69 Å². The van der Waals surface area contributed by atoms with E-state index in [1.165, 1.54) is 4.68 Å². The summed E-state index contributed by atoms with van der Waals surface area (Å²) in [5.74, 6) is 0.711. The van der Waals surface area contributed by atoms with Gasteiger partial charge in [0.25, 0.3) is 0 Å². The van der Waals surface area contributed by atoms with Crippen LogP contribution >= 0.6 is 23.2 Å². The lowest BCUT2D eigenvalue weighted by atomic mass is 10.2. The van der Waals surface area contributed by atoms with Gasteiger partial charge in [-0.15, -0.1) is 0 Å². The number of hydrogen-bond acceptors (Lipinski definition) is 2. The molecule has 0 saturated carbocycles. The summed E-state index contributed by atoms with van der Waals surface area (Å²) in [4.78, 5) is 12.0. The van der Waals surface area contributed by atoms with Gasteiger partial charge in [-0.2, -0.15) is 5.10 Å². The maximum absolute atomic E-state index is 12.0. The SMILES string of the molecule is CCn1c(C)nn(Cc2ccc(Cl)c(Cl)c2)c1=O. The minimum Gasteiger partial charge on any atom is -0.279 e. The van der Waals surface area contributed by atoms with Crippen LogP contribution in [-0.4, -0.2) is 14.3 Å². The van der Waals surface area contributed by atoms with E-state index in [4.69, 9.17) is 23.2 Å². The van der Waals surface area contributed by atoms with Crippen LogP contribution in [0.1, 0.15) is 18.3 Å². The van der Waals surface area contributed by atoms with Gasteiger partial charge in [0.05, 0.1) is 16.6 Å². The Morgan fingerprint density at radius 3 is 2.56 bits per heavy atom. The Morgan fingerprint density at radius 1 is 1.28 bits per heavy atom. The van der Waals surface area contributed by atoms with Crippen molar-refractivity contribution in [3.05, 3.63) is 50.1 Å². The largest absolute Gasteiger partial charge is 0.346 e. The molecule has 0 amide bonds. The molecule has 2 rings (SSSR count). The highest BCUT2D eigenvalue weighted by molar-refractivity contribution is 6.42. The van der Waals surface area contributed by atoms with Crippen molar-refractivity contribution in [3.63, 3.8) is 0 Å². The van der Waals surface area contributed by atoms with Gasteiger partial charge < -0.3 is 0 Å². The van der Waals surface area contributed by atoms with Crippen LogP contribution in [0.5, 0.6) is 0 Å². The van der Waals surface area contributed by atoms with Crippen molar-refractivity contribution in [3.8, 4) is 0 Å². The molecular weight excluding hydrogens is 273 g/mol. The Hall–Kier alpha value is -1.26. The van der Waals surface area contributed by atoms with Crippen molar-refractivity contribution in [2.24, 2.45) is 0 Å². The highest BCUT2D eigenvalue weighted by atomic mass is 35.5. The average Bonchev–Trinajstić information content (AvgIpc) is 2.59. The predicted octanol–water partition coefficient (Wildman–Crippen LogP) is 2.73. The van der Waals surface area contributed by atoms with Crippen LogP contribution in [0.15, 0.2) is 23.0 Å². The Bertz CT molecular complexity index is 631. The van der Waals surface area contributed by atoms with E-state index in [2.05, 4.69) is 5.10 Å². The van der Waals surface area contributed by atoms with Crippen molar-refractivity contribution in [2.45, 2.75) is 26.9 Å². The smallest absolute Gasteiger partial charge is 0.279 e. The zero-order valence-electron chi connectivity index (χ0n) is 10.2. The molecule has 1 aromatic heterocycles. The van der Waals surface area contributed by atoms with E-state index in [1.54, 1.807) is 16.7 Å². The summed E-state index contributed by atoms with van der Waals surface area (Å²) >= 11 is 11.8. The van der Waals surface area contributed by atoms with Crippen molar-refractivity contribution in [1.82, 2.24) is 14.3 Å². The molecule has 4 nitrogen and oxygen atoms in total. The summed E-state index contributed by atoms with van der Waals surface area (Å²) < 4.78 is 3.05. The third-order valence-corrected chi connectivity index (χ3v) is 3.48. The zero-order valence-corrected chi connectivity index (χ0v) is 11.7. The molecule has 2 aromatic rings. The predicted molar refractivity (Wildman–Crippen MR) is 72.5 cm³/mol. The molecule has 0 fully saturated rings. The summed E-state index contributed by atoms with van der Waals surface area (Å²) in [5.41, 5.74) is 0.785. The van der Waals surface area contributed by atoms with E-state index in [0.29, 0.717) is 29.0 Å². The number of benzene rings is 1. The van der Waals surface area contributed by atoms with E-state index in [9.17, 15) is 4.79 Å². The van der Waals surface area contributed by atoms with Gasteiger partial charge in [0, 0.05) is 6.54 Å². The number of aryl methyl sites for hydroxylation is 1. The summed E-state index contributed by atoms with van der Waals surface area (Å²) in [6.45, 7) is 4.74. The maximum Gasteiger partial charge on any atom is 0.346 e. The van der Waals surface area contributed by atoms with Crippen LogP contribution in [-0.2, 0) is 13.1 Å². The molecule has 0 radical (unpaired) electrons. The number of halogens is 2. The average molecular weight is 286 g/mol. The van der Waals surface area contributed by atoms with Crippen molar-refractivity contribution in [2.75, 3.05) is 0 Å². The molecule has 6 heteroatoms. The lowest BCUT2D eigenvalue weighted by Gasteiger charge is -2.02. The van der Waals surface area contributed by atoms with Crippen molar-refractivity contribution >= 4 is 23.2 Å². The highest BCUT2D eigenvalue weighted by Gasteiger charge is 2.09. The molecular formula is C12H13Cl2N3O. The number of aromatic nitrogens is 3. The van der Waals surface area contributed by atoms with Crippen LogP contribution in [0, 0.1) is 6.92 Å². The number of hydrogen-bond donors (Lipinski definition) is 0. The highest BCUT2D eigenvalue weighted by Crippen LogP contribution is 2.22. The lowest BCUT2D eigenvalue weighted by molar-refractivity contribution is 0.631. The summed E-state index contributed by atoms with van der Waals surface area (Å²) in [6, 6.07) is 5.30. The van der Waals surface area contributed by atoms with E-state index < -0.39 is 0 Å². The summed E-state index contributed by atoms with van der Waals surface area (Å²) in [7, 11) is 0. The third kappa shape index (κ3) is 2.44. The minimum atomic E-state index is -0.110. The Morgan fingerprint density at radius 2 is 2.00 bits per heavy atom. The molecule has 0 aliphatic carbocycles. The van der Waals surface area contributed by atoms with Crippen LogP contribution in [0.3, 0.4) is 0 Å². The lowest BCUT2D eigenvalue weighted by Crippen LogP contribution is -2.25. The van der Waals surface area contributed by atoms with Crippen molar-refractivity contribution < 1.29 is 0 Å². The first-order valence-electron chi connectivity index (χ1n) is 5.61. The van der Waals surface area contributed by atoms with Gasteiger partial charge in [0.1, 0.15) is 5.82 Å². The van der Waals surface area contributed by atoms with Gasteiger partial charge in [-0.05, 0) is 31.5 Å². The fraction of sp³-hybridized carbons (Fsp3) is 0.333. The first kappa shape index (κ1) is 13.2. The molecule has 0 spiro atoms. The first-order valence-corrected chi connectivity index (χ1v) is 6.36. The Labute approximate surface area is 115 Å². The van der Waals surface area contributed by atoms with Gasteiger partial charge in [0.15, 0.2) is 0 Å². The maximum atomic E-state index is 12.0. The van der Waals surface area contributed by atoms with Gasteiger partial charge in [0.2, 0.25) is 0 Å². The number of nitrogens with zero attached hydrogens (tertiary/aromatic N) is 3. The van der Waals surface area contributed by atoms with Gasteiger partial charge in [-0.1, -0.05) is 29.3 Å². The molecule has 96 valence electrons. The number of rotatable bonds is 3. The Kier molecular flexibility index (Phi) is 3.78. The second-order valence-corrected chi connectivity index (χ2v) is 4.79. The van der Waals surface area contributed by atoms with Gasteiger partial charge >= 0.3 is 5.69 Å². The van der Waals surface area contributed by atoms with Gasteiger partial charge in [-0.3, -0.25) is 4.57 Å². The van der Waals surface area contributed by atoms with Crippen molar-refractivity contribution in [1.29, 1.82) is 0 Å². The van der Waals surface area contributed by atoms with Crippen LogP contribution in [0.2, 0.25) is 10.0 Å². The molecule has 0 aliphatic heterocycles. The first-order chi connectivity index (χ1) is 8.52. The quantitative estimate of drug-likeness (QED) is 0.870. The molecule has 0 bridgehead atoms. The molecule has 0 saturated heterocycles. The fourth-order valence-corrected chi connectivity index (χ4v) is 2.15. The van der Waals surface area contributed by atoms with E-state index in [0.717, 1.165) is 5.56 Å². The van der Waals surface area contributed by atoms with E-state index >= 15 is 0 Å². The fourth-order valence-electron chi connectivity index (χ4n) is 1.83. The normalized spacial score (nSPS) is 10.9. The monoisotopic (exact) mass is 285 g/mol. The second kappa shape index (κ2) is 5.16.